The van der Waals surface area contributed by atoms with Crippen LogP contribution in [0.15, 0.2) is 30.3 Å². The van der Waals surface area contributed by atoms with Gasteiger partial charge in [-0.3, -0.25) is 4.79 Å². The first kappa shape index (κ1) is 21.3. The molecular formula is C19H30BrN2O4+. The summed E-state index contributed by atoms with van der Waals surface area (Å²) in [6, 6.07) is 10.2. The zero-order valence-electron chi connectivity index (χ0n) is 15.4. The lowest BCUT2D eigenvalue weighted by Gasteiger charge is -2.47. The normalized spacial score (nSPS) is 37.6. The number of epoxide rings is 1. The maximum Gasteiger partial charge on any atom is 0.316 e. The summed E-state index contributed by atoms with van der Waals surface area (Å²) < 4.78 is 12.7. The number of nitrogens with zero attached hydrogens (tertiary/aromatic N) is 1. The summed E-state index contributed by atoms with van der Waals surface area (Å²) in [6.07, 6.45) is 2.37. The minimum Gasteiger partial charge on any atom is -0.461 e. The van der Waals surface area contributed by atoms with Crippen LogP contribution in [0.5, 0.6) is 0 Å². The highest BCUT2D eigenvalue weighted by Crippen LogP contribution is 2.52. The Morgan fingerprint density at radius 2 is 1.85 bits per heavy atom. The maximum absolute atomic E-state index is 12.6. The third-order valence-corrected chi connectivity index (χ3v) is 6.48. The summed E-state index contributed by atoms with van der Waals surface area (Å²) in [4.78, 5) is 12.6. The number of quaternary nitrogens is 1. The van der Waals surface area contributed by atoms with E-state index in [-0.39, 0.29) is 41.8 Å². The summed E-state index contributed by atoms with van der Waals surface area (Å²) in [6.45, 7) is 3.10. The molecule has 0 radical (unpaired) electrons. The van der Waals surface area contributed by atoms with E-state index < -0.39 is 5.92 Å². The van der Waals surface area contributed by atoms with Crippen LogP contribution in [0.3, 0.4) is 0 Å². The quantitative estimate of drug-likeness (QED) is 0.424. The summed E-state index contributed by atoms with van der Waals surface area (Å²) in [5.74, 6) is -0.904. The number of benzene rings is 1. The molecule has 0 aromatic heterocycles. The summed E-state index contributed by atoms with van der Waals surface area (Å²) in [5.41, 5.74) is 0.809. The Balaban J connectivity index is 0.00000121. The molecule has 0 saturated carbocycles. The lowest BCUT2D eigenvalue weighted by molar-refractivity contribution is -0.954. The molecule has 7 atom stereocenters. The number of halogens is 1. The first-order valence-corrected chi connectivity index (χ1v) is 8.95. The second-order valence-corrected chi connectivity index (χ2v) is 7.54. The van der Waals surface area contributed by atoms with Gasteiger partial charge in [-0.1, -0.05) is 30.3 Å². The van der Waals surface area contributed by atoms with E-state index in [4.69, 9.17) is 9.47 Å². The highest BCUT2D eigenvalue weighted by atomic mass is 79.9. The van der Waals surface area contributed by atoms with Crippen molar-refractivity contribution in [2.75, 3.05) is 20.2 Å². The molecule has 3 aliphatic heterocycles. The van der Waals surface area contributed by atoms with Crippen LogP contribution < -0.4 is 6.15 Å². The van der Waals surface area contributed by atoms with Crippen LogP contribution in [0.4, 0.5) is 0 Å². The predicted octanol–water partition coefficient (Wildman–Crippen LogP) is 2.19. The second kappa shape index (κ2) is 7.94. The summed E-state index contributed by atoms with van der Waals surface area (Å²) >= 11 is 0. The van der Waals surface area contributed by atoms with Gasteiger partial charge in [0.25, 0.3) is 0 Å². The number of piperidine rings is 1. The molecule has 2 unspecified atom stereocenters. The van der Waals surface area contributed by atoms with Crippen LogP contribution in [0.1, 0.15) is 31.2 Å². The zero-order chi connectivity index (χ0) is 16.9. The number of hydrogen-bond acceptors (Lipinski definition) is 5. The first-order valence-electron chi connectivity index (χ1n) is 8.95. The van der Waals surface area contributed by atoms with Crippen molar-refractivity contribution in [1.29, 1.82) is 0 Å². The van der Waals surface area contributed by atoms with Gasteiger partial charge in [-0.25, -0.2) is 0 Å². The van der Waals surface area contributed by atoms with Crippen LogP contribution in [0.2, 0.25) is 0 Å². The molecule has 146 valence electrons. The van der Waals surface area contributed by atoms with Gasteiger partial charge in [-0.2, -0.15) is 0 Å². The fraction of sp³-hybridized carbons (Fsp3) is 0.632. The van der Waals surface area contributed by atoms with Gasteiger partial charge in [0.15, 0.2) is 0 Å². The molecule has 1 aromatic rings. The van der Waals surface area contributed by atoms with E-state index in [1.54, 1.807) is 0 Å². The summed E-state index contributed by atoms with van der Waals surface area (Å²) in [5, 5.41) is 9.64. The molecular weight excluding hydrogens is 400 g/mol. The Kier molecular flexibility index (Phi) is 6.51. The number of rotatable bonds is 5. The lowest BCUT2D eigenvalue weighted by Crippen LogP contribution is -2.62. The number of ether oxygens (including phenoxy) is 2. The van der Waals surface area contributed by atoms with E-state index in [1.165, 1.54) is 0 Å². The molecule has 3 heterocycles. The number of likely N-dealkylation sites (N-methyl/N-ethyl adjacent to an activating group) is 1. The Hall–Kier alpha value is -0.990. The van der Waals surface area contributed by atoms with Crippen molar-refractivity contribution in [2.24, 2.45) is 0 Å². The van der Waals surface area contributed by atoms with E-state index in [0.717, 1.165) is 29.4 Å². The van der Waals surface area contributed by atoms with Crippen LogP contribution >= 0.6 is 17.0 Å². The molecule has 26 heavy (non-hydrogen) atoms. The Bertz CT molecular complexity index is 611. The van der Waals surface area contributed by atoms with Crippen LogP contribution in [-0.4, -0.2) is 66.2 Å². The maximum atomic E-state index is 12.6. The molecule has 0 spiro atoms. The fourth-order valence-corrected chi connectivity index (χ4v) is 4.87. The monoisotopic (exact) mass is 429 g/mol. The average molecular weight is 430 g/mol. The molecule has 6 nitrogen and oxygen atoms in total. The molecule has 0 aliphatic carbocycles. The third kappa shape index (κ3) is 3.31. The van der Waals surface area contributed by atoms with E-state index in [0.29, 0.717) is 24.3 Å². The molecule has 1 aromatic carbocycles. The molecule has 0 amide bonds. The van der Waals surface area contributed by atoms with Crippen LogP contribution in [0, 0.1) is 0 Å². The highest BCUT2D eigenvalue weighted by Gasteiger charge is 2.71. The smallest absolute Gasteiger partial charge is 0.316 e. The minimum absolute atomic E-state index is 0. The minimum atomic E-state index is -0.594. The molecule has 3 fully saturated rings. The first-order chi connectivity index (χ1) is 11.6. The number of aliphatic hydroxyl groups is 1. The highest BCUT2D eigenvalue weighted by molar-refractivity contribution is 8.93. The van der Waals surface area contributed by atoms with E-state index >= 15 is 0 Å². The van der Waals surface area contributed by atoms with Gasteiger partial charge in [-0.15, -0.1) is 17.0 Å². The van der Waals surface area contributed by atoms with Gasteiger partial charge in [0.05, 0.1) is 20.2 Å². The van der Waals surface area contributed by atoms with E-state index in [1.807, 2.05) is 30.3 Å². The number of carbonyl (C=O) groups excluding carboxylic acids is 1. The van der Waals surface area contributed by atoms with Gasteiger partial charge < -0.3 is 25.2 Å². The van der Waals surface area contributed by atoms with Crippen molar-refractivity contribution >= 4 is 23.0 Å². The number of morpholine rings is 1. The van der Waals surface area contributed by atoms with Crippen molar-refractivity contribution in [3.63, 3.8) is 0 Å². The standard InChI is InChI=1S/C19H26NO4.BrH.H3N/c1-3-20(2)15-9-13(10-16(20)18-17(15)24-18)23-19(22)14(11-21)12-7-5-4-6-8-12;;/h4-8,13-18,21H,3,9-11H2,1-2H3;1H;1H3/q+1;;/t13?,14-,15-,16+,17-,18+,20?;;/m1../s1. The van der Waals surface area contributed by atoms with Gasteiger partial charge >= 0.3 is 5.97 Å². The topological polar surface area (TPSA) is 94.1 Å². The molecule has 7 heteroatoms. The van der Waals surface area contributed by atoms with Crippen molar-refractivity contribution in [1.82, 2.24) is 6.15 Å². The summed E-state index contributed by atoms with van der Waals surface area (Å²) in [7, 11) is 2.31. The average Bonchev–Trinajstić information content (AvgIpc) is 3.35. The molecule has 2 bridgehead atoms. The largest absolute Gasteiger partial charge is 0.461 e. The number of carbonyl (C=O) groups is 1. The van der Waals surface area contributed by atoms with E-state index in [9.17, 15) is 9.90 Å². The van der Waals surface area contributed by atoms with Gasteiger partial charge in [-0.05, 0) is 12.5 Å². The lowest BCUT2D eigenvalue weighted by atomic mass is 9.95. The van der Waals surface area contributed by atoms with Gasteiger partial charge in [0.1, 0.15) is 36.3 Å². The molecule has 4 rings (SSSR count). The van der Waals surface area contributed by atoms with Crippen LogP contribution in [-0.2, 0) is 14.3 Å². The zero-order valence-corrected chi connectivity index (χ0v) is 17.1. The molecule has 3 aliphatic rings. The Morgan fingerprint density at radius 3 is 2.35 bits per heavy atom. The van der Waals surface area contributed by atoms with E-state index in [2.05, 4.69) is 14.0 Å². The number of hydrogen-bond donors (Lipinski definition) is 2. The third-order valence-electron chi connectivity index (χ3n) is 6.48. The number of esters is 1. The van der Waals surface area contributed by atoms with Crippen molar-refractivity contribution < 1.29 is 23.9 Å². The SMILES string of the molecule is Br.CC[N+]1(C)[C@@H]2CC(OC(=O)[C@H](CO)c3ccccc3)C[C@H]1[C@@H]1O[C@@H]12.N. The molecule has 4 N–H and O–H groups in total. The van der Waals surface area contributed by atoms with Crippen LogP contribution in [0.25, 0.3) is 0 Å². The van der Waals surface area contributed by atoms with Crippen molar-refractivity contribution in [2.45, 2.75) is 56.1 Å². The Morgan fingerprint density at radius 1 is 1.27 bits per heavy atom. The fourth-order valence-electron chi connectivity index (χ4n) is 4.87. The molecule has 3 saturated heterocycles. The second-order valence-electron chi connectivity index (χ2n) is 7.54. The van der Waals surface area contributed by atoms with Gasteiger partial charge in [0, 0.05) is 12.8 Å². The van der Waals surface area contributed by atoms with Crippen molar-refractivity contribution in [3.8, 4) is 0 Å². The van der Waals surface area contributed by atoms with Crippen molar-refractivity contribution in [3.05, 3.63) is 35.9 Å². The number of aliphatic hydroxyl groups excluding tert-OH is 1. The van der Waals surface area contributed by atoms with Gasteiger partial charge in [0.2, 0.25) is 0 Å². The predicted molar refractivity (Wildman–Crippen MR) is 104 cm³/mol. The Labute approximate surface area is 165 Å². The number of fused-ring (bicyclic) bond motifs is 5.